The van der Waals surface area contributed by atoms with Crippen LogP contribution in [0.15, 0.2) is 120 Å². The molecule has 4 aromatic rings. The molecule has 0 radical (unpaired) electrons. The van der Waals surface area contributed by atoms with Crippen molar-refractivity contribution >= 4 is 82.2 Å². The standard InChI is InChI=1S/C72H86ClN7O18/c1-39-52(38-72(93)62(98-67(91)44-23-15-10-16-24-44)60-70(6)33-32-46(70)36-53(82)71(60,7)61(86)40(2)57(39)69(72,4)5)96-68(92)59(58(42-19-11-8-12-20-42)79-65(89)43-21-13-9-14-22-43)97-56(85)31-30-54(83)76-34-18-17-25-49(64(75)88)78-55(84)29-26-45(63(74)87)35-51(81)41(3)77-66(90)48-28-27-47(73)37-50(48)80(94)95/h8-16,19-24,27-28,37,40-41,45-46,49,52-53,58-60,62,82,93H,17-18,25-26,29-36,38H2,1-7H3,(H2,74,87)(H2,75,88)(H,76,83)(H,77,90)(H,78,84)(H,79,89)/t40-,41?,45-,46-,49?,52+,53+,58-,59-,60-,62+,70-,71-,72-/m1/s1. The number of ether oxygens (including phenoxy) is 3. The minimum Gasteiger partial charge on any atom is -0.455 e. The van der Waals surface area contributed by atoms with Gasteiger partial charge in [-0.15, -0.1) is 0 Å². The van der Waals surface area contributed by atoms with E-state index >= 15 is 9.59 Å². The number of rotatable bonds is 29. The smallest absolute Gasteiger partial charge is 0.350 e. The Balaban J connectivity index is 0.937. The van der Waals surface area contributed by atoms with Gasteiger partial charge in [0.15, 0.2) is 5.78 Å². The third kappa shape index (κ3) is 16.0. The first-order chi connectivity index (χ1) is 46.2. The second-order valence-electron chi connectivity index (χ2n) is 27.2. The van der Waals surface area contributed by atoms with Crippen molar-refractivity contribution in [2.45, 2.75) is 174 Å². The molecule has 0 aliphatic heterocycles. The van der Waals surface area contributed by atoms with E-state index in [1.54, 1.807) is 126 Å². The fraction of sp³-hybridized carbons (Fsp3) is 0.486. The van der Waals surface area contributed by atoms with Crippen molar-refractivity contribution in [3.05, 3.63) is 158 Å². The summed E-state index contributed by atoms with van der Waals surface area (Å²) in [7, 11) is 0. The van der Waals surface area contributed by atoms with Gasteiger partial charge in [-0.3, -0.25) is 53.3 Å². The fourth-order valence-electron chi connectivity index (χ4n) is 15.2. The van der Waals surface area contributed by atoms with Crippen molar-refractivity contribution in [3.63, 3.8) is 0 Å². The zero-order chi connectivity index (χ0) is 71.8. The molecule has 14 atom stereocenters. The van der Waals surface area contributed by atoms with Crippen molar-refractivity contribution < 1.29 is 82.1 Å². The van der Waals surface area contributed by atoms with E-state index in [9.17, 15) is 63.5 Å². The molecule has 25 nitrogen and oxygen atoms in total. The zero-order valence-corrected chi connectivity index (χ0v) is 56.6. The number of amides is 6. The Morgan fingerprint density at radius 1 is 0.776 bits per heavy atom. The lowest BCUT2D eigenvalue weighted by Gasteiger charge is -2.68. The molecule has 26 heteroatoms. The second kappa shape index (κ2) is 31.1. The maximum atomic E-state index is 15.6. The van der Waals surface area contributed by atoms with E-state index in [1.807, 2.05) is 6.92 Å². The maximum absolute atomic E-state index is 15.6. The summed E-state index contributed by atoms with van der Waals surface area (Å²) in [6.07, 6.45) is -6.34. The molecule has 0 saturated heterocycles. The van der Waals surface area contributed by atoms with Crippen LogP contribution in [-0.4, -0.2) is 129 Å². The molecule has 4 aromatic carbocycles. The van der Waals surface area contributed by atoms with Gasteiger partial charge in [-0.1, -0.05) is 106 Å². The maximum Gasteiger partial charge on any atom is 0.350 e. The average Bonchev–Trinajstić information content (AvgIpc) is 0.674. The predicted molar refractivity (Wildman–Crippen MR) is 356 cm³/mol. The predicted octanol–water partition coefficient (Wildman–Crippen LogP) is 6.96. The number of unbranched alkanes of at least 4 members (excludes halogenated alkanes) is 1. The monoisotopic (exact) mass is 1370 g/mol. The highest BCUT2D eigenvalue weighted by atomic mass is 35.5. The number of nitro groups is 1. The van der Waals surface area contributed by atoms with Crippen LogP contribution in [0.2, 0.25) is 5.02 Å². The highest BCUT2D eigenvalue weighted by molar-refractivity contribution is 6.31. The number of nitrogens with two attached hydrogens (primary N) is 2. The number of fused-ring (bicyclic) bond motifs is 5. The van der Waals surface area contributed by atoms with Crippen LogP contribution >= 0.6 is 11.6 Å². The number of nitrogens with zero attached hydrogens (tertiary/aromatic N) is 1. The van der Waals surface area contributed by atoms with Crippen LogP contribution in [-0.2, 0) is 52.6 Å². The summed E-state index contributed by atoms with van der Waals surface area (Å²) in [5.41, 5.74) is 5.98. The number of Topliss-reactive ketones (excluding diaryl/α,β-unsaturated/α-hetero) is 2. The Morgan fingerprint density at radius 2 is 1.41 bits per heavy atom. The summed E-state index contributed by atoms with van der Waals surface area (Å²) in [5, 5.41) is 48.1. The molecular weight excluding hydrogens is 1290 g/mol. The molecular formula is C72H86ClN7O18. The molecule has 4 aliphatic rings. The van der Waals surface area contributed by atoms with Crippen molar-refractivity contribution in [2.75, 3.05) is 6.54 Å². The van der Waals surface area contributed by atoms with Crippen LogP contribution in [0.1, 0.15) is 168 Å². The Kier molecular flexibility index (Phi) is 23.7. The molecule has 98 heavy (non-hydrogen) atoms. The van der Waals surface area contributed by atoms with Crippen LogP contribution in [0, 0.1) is 50.0 Å². The molecule has 2 bridgehead atoms. The topological polar surface area (TPSA) is 399 Å². The van der Waals surface area contributed by atoms with Crippen molar-refractivity contribution in [1.29, 1.82) is 0 Å². The number of aliphatic hydroxyl groups excluding tert-OH is 1. The minimum absolute atomic E-state index is 0.00933. The lowest BCUT2D eigenvalue weighted by Crippen LogP contribution is -2.74. The number of primary amides is 2. The number of halogens is 1. The molecule has 6 amide bonds. The van der Waals surface area contributed by atoms with E-state index in [0.717, 1.165) is 18.6 Å². The number of carbonyl (C=O) groups is 11. The van der Waals surface area contributed by atoms with Crippen LogP contribution in [0.3, 0.4) is 0 Å². The van der Waals surface area contributed by atoms with Crippen LogP contribution in [0.25, 0.3) is 0 Å². The normalized spacial score (nSPS) is 25.2. The number of aliphatic hydroxyl groups is 2. The Bertz CT molecular complexity index is 3760. The van der Waals surface area contributed by atoms with Crippen LogP contribution in [0.4, 0.5) is 5.69 Å². The summed E-state index contributed by atoms with van der Waals surface area (Å²) in [6.45, 7) is 12.0. The number of benzene rings is 4. The van der Waals surface area contributed by atoms with Gasteiger partial charge in [-0.05, 0) is 130 Å². The van der Waals surface area contributed by atoms with E-state index in [2.05, 4.69) is 21.3 Å². The molecule has 3 saturated carbocycles. The Morgan fingerprint density at radius 3 is 2.01 bits per heavy atom. The number of nitrogens with one attached hydrogen (secondary N) is 4. The summed E-state index contributed by atoms with van der Waals surface area (Å²) >= 11 is 5.85. The lowest BCUT2D eigenvalue weighted by atomic mass is 9.37. The van der Waals surface area contributed by atoms with E-state index in [4.69, 9.17) is 37.3 Å². The van der Waals surface area contributed by atoms with Gasteiger partial charge in [0.2, 0.25) is 29.7 Å². The number of hydrogen-bond donors (Lipinski definition) is 8. The first kappa shape index (κ1) is 74.6. The van der Waals surface area contributed by atoms with Crippen molar-refractivity contribution in [1.82, 2.24) is 21.3 Å². The largest absolute Gasteiger partial charge is 0.455 e. The van der Waals surface area contributed by atoms with Gasteiger partial charge in [-0.25, -0.2) is 9.59 Å². The van der Waals surface area contributed by atoms with E-state index in [0.29, 0.717) is 29.6 Å². The molecule has 3 fully saturated rings. The minimum atomic E-state index is -2.12. The van der Waals surface area contributed by atoms with Gasteiger partial charge in [0, 0.05) is 72.0 Å². The Hall–Kier alpha value is -9.20. The van der Waals surface area contributed by atoms with Gasteiger partial charge < -0.3 is 57.2 Å². The van der Waals surface area contributed by atoms with Gasteiger partial charge in [0.1, 0.15) is 41.2 Å². The summed E-state index contributed by atoms with van der Waals surface area (Å²) in [4.78, 5) is 162. The summed E-state index contributed by atoms with van der Waals surface area (Å²) in [5.74, 6) is -11.9. The highest BCUT2D eigenvalue weighted by Crippen LogP contribution is 2.70. The van der Waals surface area contributed by atoms with Crippen molar-refractivity contribution in [2.24, 2.45) is 51.4 Å². The number of ketones is 2. The van der Waals surface area contributed by atoms with Crippen LogP contribution in [0.5, 0.6) is 0 Å². The molecule has 10 N–H and O–H groups in total. The molecule has 0 aromatic heterocycles. The third-order valence-corrected chi connectivity index (χ3v) is 21.1. The zero-order valence-electron chi connectivity index (χ0n) is 55.8. The van der Waals surface area contributed by atoms with E-state index in [1.165, 1.54) is 13.0 Å². The van der Waals surface area contributed by atoms with Gasteiger partial charge in [0.25, 0.3) is 17.5 Å². The average molecular weight is 1370 g/mol. The molecule has 4 aliphatic carbocycles. The number of nitro benzene ring substituents is 1. The van der Waals surface area contributed by atoms with Gasteiger partial charge in [0.05, 0.1) is 34.5 Å². The first-order valence-corrected chi connectivity index (χ1v) is 33.3. The number of carbonyl (C=O) groups excluding carboxylic acids is 11. The summed E-state index contributed by atoms with van der Waals surface area (Å²) in [6, 6.07) is 24.0. The highest BCUT2D eigenvalue weighted by Gasteiger charge is 2.74. The van der Waals surface area contributed by atoms with Crippen LogP contribution < -0.4 is 32.7 Å². The second-order valence-corrected chi connectivity index (χ2v) is 27.7. The fourth-order valence-corrected chi connectivity index (χ4v) is 15.3. The lowest BCUT2D eigenvalue weighted by molar-refractivity contribution is -0.385. The SMILES string of the molecule is CC1=C2[C@@H](C)C(=O)[C@@]3(C)[C@H]([C@H](OC(=O)c4ccccc4)[C@](O)(C[C@@H]1OC(=O)[C@H](OC(=O)CCC(=O)NCCCCC(NC(=O)CC[C@H](CC(=O)C(C)NC(=O)c1ccc(Cl)cc1[N+](=O)[O-])C(N)=O)C(N)=O)[C@H](NC(=O)c1ccccc1)c1ccccc1)C2(C)C)[C@]1(C)CC[C@@H]1C[C@@H]3O. The molecule has 8 rings (SSSR count). The summed E-state index contributed by atoms with van der Waals surface area (Å²) < 4.78 is 19.2. The number of hydrogen-bond acceptors (Lipinski definition) is 18. The number of esters is 3. The van der Waals surface area contributed by atoms with Crippen molar-refractivity contribution in [3.8, 4) is 0 Å². The third-order valence-electron chi connectivity index (χ3n) is 20.9. The Labute approximate surface area is 572 Å². The first-order valence-electron chi connectivity index (χ1n) is 32.9. The molecule has 524 valence electrons. The van der Waals surface area contributed by atoms with Gasteiger partial charge in [-0.2, -0.15) is 0 Å². The van der Waals surface area contributed by atoms with Gasteiger partial charge >= 0.3 is 17.9 Å². The quantitative estimate of drug-likeness (QED) is 0.00679. The molecule has 2 unspecified atom stereocenters. The molecule has 0 heterocycles. The molecule has 0 spiro atoms. The van der Waals surface area contributed by atoms with E-state index in [-0.39, 0.29) is 72.1 Å². The van der Waals surface area contributed by atoms with E-state index < -0.39 is 178 Å².